The minimum Gasteiger partial charge on any atom is -0.304 e. The van der Waals surface area contributed by atoms with Crippen LogP contribution in [0, 0.1) is 0 Å². The van der Waals surface area contributed by atoms with Crippen LogP contribution in [0.4, 0.5) is 5.69 Å². The van der Waals surface area contributed by atoms with Gasteiger partial charge < -0.3 is 5.32 Å². The van der Waals surface area contributed by atoms with E-state index >= 15 is 0 Å². The average molecular weight is 338 g/mol. The summed E-state index contributed by atoms with van der Waals surface area (Å²) in [7, 11) is 0. The lowest BCUT2D eigenvalue weighted by Gasteiger charge is -2.04. The molecule has 1 heterocycles. The maximum atomic E-state index is 12.1. The lowest BCUT2D eigenvalue weighted by atomic mass is 10.1. The van der Waals surface area contributed by atoms with Crippen molar-refractivity contribution in [3.05, 3.63) is 65.7 Å². The fourth-order valence-electron chi connectivity index (χ4n) is 2.66. The molecule has 0 bridgehead atoms. The lowest BCUT2D eigenvalue weighted by molar-refractivity contribution is -0.118. The normalized spacial score (nSPS) is 18.8. The van der Waals surface area contributed by atoms with Crippen LogP contribution in [-0.4, -0.2) is 16.3 Å². The van der Waals surface area contributed by atoms with E-state index in [0.29, 0.717) is 5.17 Å². The Hall–Kier alpha value is -2.07. The monoisotopic (exact) mass is 338 g/mol. The topological polar surface area (TPSA) is 41.5 Å². The number of hydrogen-bond acceptors (Lipinski definition) is 3. The second-order valence-corrected chi connectivity index (χ2v) is 7.16. The third-order valence-corrected chi connectivity index (χ3v) is 5.11. The van der Waals surface area contributed by atoms with Crippen LogP contribution in [0.1, 0.15) is 30.9 Å². The highest BCUT2D eigenvalue weighted by atomic mass is 32.2. The molecular formula is C20H22N2OS. The third kappa shape index (κ3) is 4.48. The summed E-state index contributed by atoms with van der Waals surface area (Å²) in [6, 6.07) is 18.4. The highest BCUT2D eigenvalue weighted by Crippen LogP contribution is 2.26. The van der Waals surface area contributed by atoms with Crippen LogP contribution in [0.15, 0.2) is 59.6 Å². The molecule has 0 aliphatic carbocycles. The van der Waals surface area contributed by atoms with Gasteiger partial charge in [0.15, 0.2) is 5.17 Å². The molecule has 3 nitrogen and oxygen atoms in total. The quantitative estimate of drug-likeness (QED) is 0.843. The molecule has 24 heavy (non-hydrogen) atoms. The van der Waals surface area contributed by atoms with E-state index in [1.54, 1.807) is 0 Å². The van der Waals surface area contributed by atoms with Gasteiger partial charge >= 0.3 is 0 Å². The van der Waals surface area contributed by atoms with E-state index in [0.717, 1.165) is 18.5 Å². The summed E-state index contributed by atoms with van der Waals surface area (Å²) in [5.74, 6) is 0.0437. The predicted octanol–water partition coefficient (Wildman–Crippen LogP) is 4.49. The van der Waals surface area contributed by atoms with Crippen molar-refractivity contribution in [3.63, 3.8) is 0 Å². The summed E-state index contributed by atoms with van der Waals surface area (Å²) < 4.78 is 0. The number of amidine groups is 1. The first-order valence-corrected chi connectivity index (χ1v) is 9.31. The van der Waals surface area contributed by atoms with Gasteiger partial charge in [-0.3, -0.25) is 4.79 Å². The number of carbonyl (C=O) groups excluding carboxylic acids is 1. The van der Waals surface area contributed by atoms with Gasteiger partial charge in [0.1, 0.15) is 0 Å². The molecule has 0 aromatic heterocycles. The maximum absolute atomic E-state index is 12.1. The first-order chi connectivity index (χ1) is 11.7. The summed E-state index contributed by atoms with van der Waals surface area (Å²) in [5.41, 5.74) is 3.40. The van der Waals surface area contributed by atoms with Crippen LogP contribution in [0.2, 0.25) is 0 Å². The highest BCUT2D eigenvalue weighted by molar-refractivity contribution is 8.15. The van der Waals surface area contributed by atoms with Gasteiger partial charge in [-0.05, 0) is 42.5 Å². The summed E-state index contributed by atoms with van der Waals surface area (Å²) in [5, 5.41) is 3.49. The minimum atomic E-state index is -0.102. The van der Waals surface area contributed by atoms with Gasteiger partial charge in [0.25, 0.3) is 0 Å². The summed E-state index contributed by atoms with van der Waals surface area (Å²) in [6.45, 7) is 2.20. The van der Waals surface area contributed by atoms with Gasteiger partial charge in [-0.15, -0.1) is 0 Å². The average Bonchev–Trinajstić information content (AvgIpc) is 2.94. The third-order valence-electron chi connectivity index (χ3n) is 4.03. The molecule has 1 aliphatic rings. The minimum absolute atomic E-state index is 0.0437. The summed E-state index contributed by atoms with van der Waals surface area (Å²) in [6.07, 6.45) is 4.25. The van der Waals surface area contributed by atoms with Crippen molar-refractivity contribution in [2.75, 3.05) is 0 Å². The van der Waals surface area contributed by atoms with Crippen molar-refractivity contribution >= 4 is 28.5 Å². The molecule has 2 aromatic carbocycles. The fourth-order valence-corrected chi connectivity index (χ4v) is 3.68. The number of carbonyl (C=O) groups is 1. The Kier molecular flexibility index (Phi) is 5.70. The van der Waals surface area contributed by atoms with E-state index in [1.165, 1.54) is 35.7 Å². The zero-order valence-electron chi connectivity index (χ0n) is 13.9. The van der Waals surface area contributed by atoms with Crippen molar-refractivity contribution in [1.29, 1.82) is 0 Å². The van der Waals surface area contributed by atoms with Gasteiger partial charge in [0, 0.05) is 0 Å². The molecule has 2 aromatic rings. The Bertz CT molecular complexity index is 710. The first kappa shape index (κ1) is 16.8. The number of nitrogens with zero attached hydrogens (tertiary/aromatic N) is 1. The standard InChI is InChI=1S/C20H22N2OS/c1-2-3-7-15-10-12-17(13-11-15)21-20-22-19(23)18(24-20)14-16-8-5-4-6-9-16/h4-6,8-13,18H,2-3,7,14H2,1H3,(H,21,22,23)/t18-/m1/s1. The SMILES string of the molecule is CCCCc1ccc(N=C2NC(=O)[C@@H](Cc3ccccc3)S2)cc1. The second-order valence-electron chi connectivity index (χ2n) is 5.97. The number of aryl methyl sites for hydroxylation is 1. The Labute approximate surface area is 147 Å². The zero-order valence-corrected chi connectivity index (χ0v) is 14.7. The Balaban J connectivity index is 1.63. The molecule has 124 valence electrons. The maximum Gasteiger partial charge on any atom is 0.239 e. The van der Waals surface area contributed by atoms with E-state index in [9.17, 15) is 4.79 Å². The van der Waals surface area contributed by atoms with Gasteiger partial charge in [-0.2, -0.15) is 0 Å². The molecule has 1 atom stereocenters. The number of aliphatic imine (C=N–C) groups is 1. The smallest absolute Gasteiger partial charge is 0.239 e. The van der Waals surface area contributed by atoms with Crippen LogP contribution in [0.25, 0.3) is 0 Å². The fraction of sp³-hybridized carbons (Fsp3) is 0.300. The Morgan fingerprint density at radius 3 is 2.50 bits per heavy atom. The lowest BCUT2D eigenvalue weighted by Crippen LogP contribution is -2.25. The number of nitrogens with one attached hydrogen (secondary N) is 1. The number of thioether (sulfide) groups is 1. The van der Waals surface area contributed by atoms with E-state index in [1.807, 2.05) is 30.3 Å². The van der Waals surface area contributed by atoms with E-state index in [2.05, 4.69) is 41.5 Å². The van der Waals surface area contributed by atoms with Crippen molar-refractivity contribution in [3.8, 4) is 0 Å². The molecular weight excluding hydrogens is 316 g/mol. The van der Waals surface area contributed by atoms with Gasteiger partial charge in [0.2, 0.25) is 5.91 Å². The molecule has 1 aliphatic heterocycles. The number of rotatable bonds is 6. The van der Waals surface area contributed by atoms with Crippen molar-refractivity contribution in [2.45, 2.75) is 37.9 Å². The second kappa shape index (κ2) is 8.15. The van der Waals surface area contributed by atoms with Gasteiger partial charge in [-0.1, -0.05) is 67.6 Å². The van der Waals surface area contributed by atoms with E-state index in [-0.39, 0.29) is 11.2 Å². The molecule has 1 saturated heterocycles. The van der Waals surface area contributed by atoms with Crippen LogP contribution < -0.4 is 5.32 Å². The first-order valence-electron chi connectivity index (χ1n) is 8.43. The van der Waals surface area contributed by atoms with Crippen molar-refractivity contribution in [1.82, 2.24) is 5.32 Å². The molecule has 1 N–H and O–H groups in total. The number of hydrogen-bond donors (Lipinski definition) is 1. The van der Waals surface area contributed by atoms with Gasteiger partial charge in [-0.25, -0.2) is 4.99 Å². The molecule has 1 fully saturated rings. The molecule has 0 unspecified atom stereocenters. The zero-order chi connectivity index (χ0) is 16.8. The molecule has 4 heteroatoms. The van der Waals surface area contributed by atoms with E-state index in [4.69, 9.17) is 0 Å². The Morgan fingerprint density at radius 2 is 1.79 bits per heavy atom. The van der Waals surface area contributed by atoms with Crippen LogP contribution in [0.5, 0.6) is 0 Å². The van der Waals surface area contributed by atoms with E-state index < -0.39 is 0 Å². The Morgan fingerprint density at radius 1 is 1.04 bits per heavy atom. The number of benzene rings is 2. The predicted molar refractivity (Wildman–Crippen MR) is 102 cm³/mol. The number of unbranched alkanes of at least 4 members (excludes halogenated alkanes) is 1. The van der Waals surface area contributed by atoms with Crippen LogP contribution in [0.3, 0.4) is 0 Å². The molecule has 0 saturated carbocycles. The summed E-state index contributed by atoms with van der Waals surface area (Å²) >= 11 is 1.52. The molecule has 0 spiro atoms. The number of amides is 1. The molecule has 0 radical (unpaired) electrons. The summed E-state index contributed by atoms with van der Waals surface area (Å²) in [4.78, 5) is 16.7. The van der Waals surface area contributed by atoms with Crippen molar-refractivity contribution in [2.24, 2.45) is 4.99 Å². The molecule has 3 rings (SSSR count). The van der Waals surface area contributed by atoms with Crippen LogP contribution in [-0.2, 0) is 17.6 Å². The van der Waals surface area contributed by atoms with Crippen LogP contribution >= 0.6 is 11.8 Å². The highest BCUT2D eigenvalue weighted by Gasteiger charge is 2.30. The van der Waals surface area contributed by atoms with Crippen molar-refractivity contribution < 1.29 is 4.79 Å². The largest absolute Gasteiger partial charge is 0.304 e. The molecule has 1 amide bonds. The van der Waals surface area contributed by atoms with Gasteiger partial charge in [0.05, 0.1) is 10.9 Å².